The Morgan fingerprint density at radius 3 is 2.00 bits per heavy atom. The highest BCUT2D eigenvalue weighted by Crippen LogP contribution is 2.29. The zero-order valence-electron chi connectivity index (χ0n) is 16.6. The molecule has 2 N–H and O–H groups in total. The molecule has 10 nitrogen and oxygen atoms in total. The van der Waals surface area contributed by atoms with Gasteiger partial charge in [0, 0.05) is 11.3 Å². The van der Waals surface area contributed by atoms with Crippen LogP contribution in [0.25, 0.3) is 11.5 Å². The van der Waals surface area contributed by atoms with Crippen molar-refractivity contribution in [2.75, 3.05) is 0 Å². The van der Waals surface area contributed by atoms with E-state index in [-0.39, 0.29) is 11.1 Å². The number of aromatic nitrogens is 7. The summed E-state index contributed by atoms with van der Waals surface area (Å²) in [5, 5.41) is 16.5. The van der Waals surface area contributed by atoms with Gasteiger partial charge in [0.25, 0.3) is 11.1 Å². The zero-order valence-corrected chi connectivity index (χ0v) is 18.2. The molecule has 1 aromatic carbocycles. The number of thioether (sulfide) groups is 2. The summed E-state index contributed by atoms with van der Waals surface area (Å²) in [4.78, 5) is 33.5. The van der Waals surface area contributed by atoms with Crippen LogP contribution in [0.15, 0.2) is 54.7 Å². The molecule has 3 heterocycles. The van der Waals surface area contributed by atoms with Crippen LogP contribution in [-0.2, 0) is 11.5 Å². The predicted octanol–water partition coefficient (Wildman–Crippen LogP) is 2.50. The van der Waals surface area contributed by atoms with Gasteiger partial charge in [0.05, 0.1) is 11.4 Å². The third-order valence-corrected chi connectivity index (χ3v) is 5.90. The second-order valence-electron chi connectivity index (χ2n) is 6.42. The van der Waals surface area contributed by atoms with Gasteiger partial charge >= 0.3 is 0 Å². The third-order valence-electron chi connectivity index (χ3n) is 4.16. The number of nitrogens with one attached hydrogen (secondary N) is 2. The largest absolute Gasteiger partial charge is 0.440 e. The molecule has 0 aliphatic carbocycles. The van der Waals surface area contributed by atoms with Crippen molar-refractivity contribution in [3.8, 4) is 11.5 Å². The fraction of sp³-hybridized carbons (Fsp3) is 0.211. The Kier molecular flexibility index (Phi) is 6.28. The summed E-state index contributed by atoms with van der Waals surface area (Å²) >= 11 is 2.59. The molecule has 0 aliphatic heterocycles. The summed E-state index contributed by atoms with van der Waals surface area (Å²) in [5.74, 6) is 1.91. The van der Waals surface area contributed by atoms with Gasteiger partial charge in [0.2, 0.25) is 5.89 Å². The van der Waals surface area contributed by atoms with Crippen LogP contribution in [0.1, 0.15) is 22.8 Å². The maximum absolute atomic E-state index is 11.8. The minimum atomic E-state index is -0.280. The van der Waals surface area contributed by atoms with E-state index in [9.17, 15) is 9.59 Å². The Balaban J connectivity index is 1.57. The van der Waals surface area contributed by atoms with E-state index < -0.39 is 0 Å². The average Bonchev–Trinajstić information content (AvgIpc) is 3.19. The molecular formula is C19H17N7O3S2. The number of hydrogen-bond donors (Lipinski definition) is 2. The van der Waals surface area contributed by atoms with Crippen LogP contribution in [-0.4, -0.2) is 35.3 Å². The molecule has 0 atom stereocenters. The van der Waals surface area contributed by atoms with E-state index in [1.165, 1.54) is 23.5 Å². The summed E-state index contributed by atoms with van der Waals surface area (Å²) in [6.45, 7) is 3.19. The lowest BCUT2D eigenvalue weighted by Crippen LogP contribution is -2.14. The Morgan fingerprint density at radius 1 is 0.839 bits per heavy atom. The van der Waals surface area contributed by atoms with Crippen LogP contribution in [0.5, 0.6) is 0 Å². The monoisotopic (exact) mass is 455 g/mol. The van der Waals surface area contributed by atoms with Gasteiger partial charge in [-0.15, -0.1) is 20.4 Å². The lowest BCUT2D eigenvalue weighted by Gasteiger charge is -2.01. The molecule has 0 saturated carbocycles. The SMILES string of the molecule is Cc1nnc(SCc2nc(-c3ccccc3)oc2CSc2nnc(C)c(=O)[nH]2)[nH]c1=O. The number of rotatable bonds is 7. The Bertz CT molecular complexity index is 1240. The van der Waals surface area contributed by atoms with Crippen LogP contribution >= 0.6 is 23.5 Å². The van der Waals surface area contributed by atoms with Crippen molar-refractivity contribution < 1.29 is 4.42 Å². The smallest absolute Gasteiger partial charge is 0.273 e. The molecule has 0 bridgehead atoms. The van der Waals surface area contributed by atoms with Gasteiger partial charge in [0.1, 0.15) is 17.1 Å². The average molecular weight is 456 g/mol. The van der Waals surface area contributed by atoms with Crippen molar-refractivity contribution in [1.82, 2.24) is 35.3 Å². The minimum Gasteiger partial charge on any atom is -0.440 e. The maximum atomic E-state index is 11.8. The summed E-state index contributed by atoms with van der Waals surface area (Å²) in [5.41, 5.74) is 1.60. The van der Waals surface area contributed by atoms with Crippen LogP contribution in [0, 0.1) is 13.8 Å². The normalized spacial score (nSPS) is 11.0. The fourth-order valence-corrected chi connectivity index (χ4v) is 3.99. The zero-order chi connectivity index (χ0) is 21.8. The minimum absolute atomic E-state index is 0.277. The number of benzene rings is 1. The first-order valence-corrected chi connectivity index (χ1v) is 11.1. The number of H-pyrrole nitrogens is 2. The van der Waals surface area contributed by atoms with Crippen LogP contribution in [0.4, 0.5) is 0 Å². The summed E-state index contributed by atoms with van der Waals surface area (Å²) in [6, 6.07) is 9.54. The summed E-state index contributed by atoms with van der Waals surface area (Å²) in [6.07, 6.45) is 0. The topological polar surface area (TPSA) is 143 Å². The van der Waals surface area contributed by atoms with Gasteiger partial charge in [-0.1, -0.05) is 41.7 Å². The number of hydrogen-bond acceptors (Lipinski definition) is 10. The van der Waals surface area contributed by atoms with Crippen molar-refractivity contribution in [3.63, 3.8) is 0 Å². The fourth-order valence-electron chi connectivity index (χ4n) is 2.47. The molecular weight excluding hydrogens is 438 g/mol. The van der Waals surface area contributed by atoms with Crippen LogP contribution in [0.3, 0.4) is 0 Å². The first-order valence-electron chi connectivity index (χ1n) is 9.16. The molecule has 0 saturated heterocycles. The van der Waals surface area contributed by atoms with Crippen molar-refractivity contribution >= 4 is 23.5 Å². The van der Waals surface area contributed by atoms with Gasteiger partial charge in [-0.25, -0.2) is 4.98 Å². The van der Waals surface area contributed by atoms with Gasteiger partial charge < -0.3 is 4.42 Å². The number of oxazole rings is 1. The highest BCUT2D eigenvalue weighted by atomic mass is 32.2. The first kappa shape index (κ1) is 21.0. The number of aromatic amines is 2. The number of nitrogens with zero attached hydrogens (tertiary/aromatic N) is 5. The van der Waals surface area contributed by atoms with E-state index in [0.29, 0.717) is 50.6 Å². The molecule has 4 aromatic rings. The van der Waals surface area contributed by atoms with Crippen molar-refractivity contribution in [3.05, 3.63) is 73.9 Å². The van der Waals surface area contributed by atoms with Gasteiger partial charge in [-0.05, 0) is 26.0 Å². The van der Waals surface area contributed by atoms with Gasteiger partial charge in [-0.3, -0.25) is 19.6 Å². The summed E-state index contributed by atoms with van der Waals surface area (Å²) in [7, 11) is 0. The highest BCUT2D eigenvalue weighted by Gasteiger charge is 2.17. The molecule has 4 rings (SSSR count). The number of aryl methyl sites for hydroxylation is 2. The van der Waals surface area contributed by atoms with E-state index in [1.807, 2.05) is 30.3 Å². The molecule has 0 spiro atoms. The second-order valence-corrected chi connectivity index (χ2v) is 8.35. The van der Waals surface area contributed by atoms with Gasteiger partial charge in [-0.2, -0.15) is 0 Å². The highest BCUT2D eigenvalue weighted by molar-refractivity contribution is 7.98. The molecule has 0 amide bonds. The molecule has 12 heteroatoms. The van der Waals surface area contributed by atoms with Crippen molar-refractivity contribution in [1.29, 1.82) is 0 Å². The Hall–Kier alpha value is -3.25. The lowest BCUT2D eigenvalue weighted by molar-refractivity contribution is 0.536. The van der Waals surface area contributed by atoms with E-state index in [0.717, 1.165) is 5.56 Å². The van der Waals surface area contributed by atoms with Crippen molar-refractivity contribution in [2.24, 2.45) is 0 Å². The molecule has 0 unspecified atom stereocenters. The van der Waals surface area contributed by atoms with E-state index in [1.54, 1.807) is 13.8 Å². The summed E-state index contributed by atoms with van der Waals surface area (Å²) < 4.78 is 6.01. The maximum Gasteiger partial charge on any atom is 0.273 e. The van der Waals surface area contributed by atoms with Crippen LogP contribution < -0.4 is 11.1 Å². The second kappa shape index (κ2) is 9.27. The van der Waals surface area contributed by atoms with Crippen LogP contribution in [0.2, 0.25) is 0 Å². The van der Waals surface area contributed by atoms with E-state index >= 15 is 0 Å². The first-order chi connectivity index (χ1) is 15.0. The standard InChI is InChI=1S/C19H17N7O3S2/c1-10-15(27)21-18(25-23-10)30-8-13-14(9-31-19-22-16(28)11(2)24-26-19)29-17(20-13)12-6-4-3-5-7-12/h3-7H,8-9H2,1-2H3,(H,21,25,27)(H,22,26,28). The third kappa shape index (κ3) is 5.09. The molecule has 0 fully saturated rings. The molecule has 158 valence electrons. The van der Waals surface area contributed by atoms with Gasteiger partial charge in [0.15, 0.2) is 10.3 Å². The van der Waals surface area contributed by atoms with Crippen molar-refractivity contribution in [2.45, 2.75) is 35.7 Å². The Morgan fingerprint density at radius 2 is 1.42 bits per heavy atom. The lowest BCUT2D eigenvalue weighted by atomic mass is 10.2. The quantitative estimate of drug-likeness (QED) is 0.399. The van der Waals surface area contributed by atoms with E-state index in [2.05, 4.69) is 35.3 Å². The predicted molar refractivity (Wildman–Crippen MR) is 116 cm³/mol. The molecule has 31 heavy (non-hydrogen) atoms. The molecule has 3 aromatic heterocycles. The molecule has 0 radical (unpaired) electrons. The molecule has 0 aliphatic rings. The van der Waals surface area contributed by atoms with E-state index in [4.69, 9.17) is 4.42 Å². The Labute approximate surface area is 184 Å².